The van der Waals surface area contributed by atoms with Gasteiger partial charge in [-0.15, -0.1) is 11.3 Å². The lowest BCUT2D eigenvalue weighted by Gasteiger charge is -2.31. The molecule has 4 N–H and O–H groups in total. The minimum absolute atomic E-state index is 0.0383. The largest absolute Gasteiger partial charge is 0.349 e. The molecule has 0 aromatic carbocycles. The van der Waals surface area contributed by atoms with E-state index in [0.717, 1.165) is 40.7 Å². The van der Waals surface area contributed by atoms with E-state index in [-0.39, 0.29) is 23.7 Å². The van der Waals surface area contributed by atoms with Crippen LogP contribution in [0.4, 0.5) is 0 Å². The average Bonchev–Trinajstić information content (AvgIpc) is 3.47. The molecule has 2 unspecified atom stereocenters. The monoisotopic (exact) mass is 539 g/mol. The molecule has 174 valence electrons. The molecule has 1 aliphatic rings. The van der Waals surface area contributed by atoms with Crippen LogP contribution in [0.3, 0.4) is 0 Å². The number of fused-ring (bicyclic) bond motifs is 1. The Morgan fingerprint density at radius 2 is 2.03 bits per heavy atom. The van der Waals surface area contributed by atoms with Gasteiger partial charge < -0.3 is 9.88 Å². The number of nitrogens with one attached hydrogen (secondary N) is 2. The predicted molar refractivity (Wildman–Crippen MR) is 133 cm³/mol. The summed E-state index contributed by atoms with van der Waals surface area (Å²) in [6.07, 6.45) is 6.96. The Morgan fingerprint density at radius 3 is 2.76 bits per heavy atom. The molecule has 2 amide bonds. The number of amides is 2. The number of hydrazine groups is 1. The Balaban J connectivity index is 1.49. The number of pyridine rings is 2. The normalized spacial score (nSPS) is 18.1. The highest BCUT2D eigenvalue weighted by Gasteiger charge is 2.29. The number of aromatic nitrogens is 4. The smallest absolute Gasteiger partial charge is 0.283 e. The fourth-order valence-corrected chi connectivity index (χ4v) is 5.75. The third kappa shape index (κ3) is 4.46. The van der Waals surface area contributed by atoms with Crippen LogP contribution in [0.2, 0.25) is 0 Å². The second-order valence-electron chi connectivity index (χ2n) is 8.15. The van der Waals surface area contributed by atoms with Gasteiger partial charge in [0.05, 0.1) is 25.9 Å². The zero-order chi connectivity index (χ0) is 23.7. The minimum atomic E-state index is -0.475. The van der Waals surface area contributed by atoms with Crippen LogP contribution < -0.4 is 16.6 Å². The third-order valence-electron chi connectivity index (χ3n) is 5.98. The first-order valence-corrected chi connectivity index (χ1v) is 12.5. The number of imidazole rings is 1. The molecule has 0 saturated heterocycles. The van der Waals surface area contributed by atoms with Gasteiger partial charge in [-0.1, -0.05) is 6.07 Å². The Hall–Kier alpha value is -3.15. The van der Waals surface area contributed by atoms with Gasteiger partial charge in [0.15, 0.2) is 5.82 Å². The molecular formula is C23H22BrN7O2S. The molecule has 4 aromatic heterocycles. The number of thiophene rings is 1. The van der Waals surface area contributed by atoms with Gasteiger partial charge >= 0.3 is 0 Å². The molecule has 2 atom stereocenters. The highest BCUT2D eigenvalue weighted by Crippen LogP contribution is 2.36. The van der Waals surface area contributed by atoms with Gasteiger partial charge in [0, 0.05) is 18.3 Å². The van der Waals surface area contributed by atoms with E-state index in [2.05, 4.69) is 41.2 Å². The molecule has 34 heavy (non-hydrogen) atoms. The van der Waals surface area contributed by atoms with Crippen molar-refractivity contribution in [3.63, 3.8) is 0 Å². The van der Waals surface area contributed by atoms with Crippen molar-refractivity contribution >= 4 is 50.1 Å². The van der Waals surface area contributed by atoms with E-state index in [0.29, 0.717) is 16.2 Å². The first-order chi connectivity index (χ1) is 16.5. The van der Waals surface area contributed by atoms with Crippen molar-refractivity contribution in [3.8, 4) is 11.5 Å². The van der Waals surface area contributed by atoms with E-state index in [1.165, 1.54) is 11.3 Å². The van der Waals surface area contributed by atoms with Crippen LogP contribution in [-0.2, 0) is 0 Å². The molecule has 4 heterocycles. The summed E-state index contributed by atoms with van der Waals surface area (Å²) in [5.41, 5.74) is 4.50. The minimum Gasteiger partial charge on any atom is -0.349 e. The number of nitrogens with two attached hydrogens (primary N) is 1. The summed E-state index contributed by atoms with van der Waals surface area (Å²) in [4.78, 5) is 39.1. The number of halogens is 1. The number of nitrogen functional groups attached to an aromatic ring is 1. The first kappa shape index (κ1) is 22.6. The first-order valence-electron chi connectivity index (χ1n) is 10.9. The van der Waals surface area contributed by atoms with Crippen molar-refractivity contribution in [1.82, 2.24) is 30.3 Å². The molecule has 11 heteroatoms. The second-order valence-corrected chi connectivity index (χ2v) is 10.6. The maximum atomic E-state index is 12.7. The van der Waals surface area contributed by atoms with Crippen LogP contribution in [0.25, 0.3) is 22.6 Å². The van der Waals surface area contributed by atoms with E-state index < -0.39 is 5.91 Å². The molecule has 1 aliphatic carbocycles. The molecule has 1 fully saturated rings. The van der Waals surface area contributed by atoms with Crippen LogP contribution in [0, 0.1) is 0 Å². The van der Waals surface area contributed by atoms with Crippen LogP contribution in [0.1, 0.15) is 51.9 Å². The fourth-order valence-electron chi connectivity index (χ4n) is 4.46. The summed E-state index contributed by atoms with van der Waals surface area (Å²) < 4.78 is 3.08. The van der Waals surface area contributed by atoms with Crippen molar-refractivity contribution in [1.29, 1.82) is 0 Å². The van der Waals surface area contributed by atoms with E-state index in [4.69, 9.17) is 10.8 Å². The van der Waals surface area contributed by atoms with Crippen molar-refractivity contribution in [2.75, 3.05) is 0 Å². The summed E-state index contributed by atoms with van der Waals surface area (Å²) in [6, 6.07) is 11.2. The van der Waals surface area contributed by atoms with Gasteiger partial charge in [-0.2, -0.15) is 0 Å². The van der Waals surface area contributed by atoms with Crippen LogP contribution in [-0.4, -0.2) is 37.4 Å². The van der Waals surface area contributed by atoms with Crippen LogP contribution >= 0.6 is 27.3 Å². The van der Waals surface area contributed by atoms with Gasteiger partial charge in [-0.05, 0) is 71.9 Å². The van der Waals surface area contributed by atoms with Gasteiger partial charge in [0.2, 0.25) is 0 Å². The molecule has 5 rings (SSSR count). The molecule has 4 aromatic rings. The molecule has 0 aliphatic heterocycles. The maximum Gasteiger partial charge on any atom is 0.283 e. The van der Waals surface area contributed by atoms with E-state index in [1.807, 2.05) is 30.3 Å². The summed E-state index contributed by atoms with van der Waals surface area (Å²) in [6.45, 7) is 0. The number of hydrogen-bond donors (Lipinski definition) is 3. The second kappa shape index (κ2) is 9.61. The van der Waals surface area contributed by atoms with Crippen LogP contribution in [0.15, 0.2) is 52.6 Å². The van der Waals surface area contributed by atoms with Gasteiger partial charge in [-0.3, -0.25) is 20.0 Å². The molecule has 0 bridgehead atoms. The van der Waals surface area contributed by atoms with Crippen molar-refractivity contribution in [2.45, 2.75) is 37.8 Å². The Morgan fingerprint density at radius 1 is 1.15 bits per heavy atom. The lowest BCUT2D eigenvalue weighted by molar-refractivity contribution is 0.0923. The Labute approximate surface area is 207 Å². The van der Waals surface area contributed by atoms with Gasteiger partial charge in [-0.25, -0.2) is 15.8 Å². The molecule has 0 radical (unpaired) electrons. The van der Waals surface area contributed by atoms with Gasteiger partial charge in [0.1, 0.15) is 11.4 Å². The number of rotatable bonds is 5. The van der Waals surface area contributed by atoms with Crippen LogP contribution in [0.5, 0.6) is 0 Å². The van der Waals surface area contributed by atoms with E-state index in [1.54, 1.807) is 18.5 Å². The summed E-state index contributed by atoms with van der Waals surface area (Å²) in [7, 11) is 0. The van der Waals surface area contributed by atoms with E-state index in [9.17, 15) is 9.59 Å². The summed E-state index contributed by atoms with van der Waals surface area (Å²) in [5.74, 6) is 5.46. The molecule has 9 nitrogen and oxygen atoms in total. The third-order valence-corrected chi connectivity index (χ3v) is 7.60. The molecule has 0 spiro atoms. The topological polar surface area (TPSA) is 128 Å². The van der Waals surface area contributed by atoms with E-state index >= 15 is 0 Å². The van der Waals surface area contributed by atoms with Crippen molar-refractivity contribution in [2.24, 2.45) is 5.84 Å². The quantitative estimate of drug-likeness (QED) is 0.201. The zero-order valence-corrected chi connectivity index (χ0v) is 20.5. The zero-order valence-electron chi connectivity index (χ0n) is 18.1. The van der Waals surface area contributed by atoms with Gasteiger partial charge in [0.25, 0.3) is 11.8 Å². The fraction of sp³-hybridized carbons (Fsp3) is 0.261. The lowest BCUT2D eigenvalue weighted by Crippen LogP contribution is -2.38. The Kier molecular flexibility index (Phi) is 6.40. The standard InChI is InChI=1S/C23H22BrN7O2S/c24-20-8-7-19(34-20)23(33)28-13-4-3-5-14(10-13)31-18-12-27-17(22(32)30-25)11-16(18)29-21(31)15-6-1-2-9-26-15/h1-2,6-9,11-14H,3-5,10,25H2,(H,28,33)(H,30,32). The predicted octanol–water partition coefficient (Wildman–Crippen LogP) is 3.83. The highest BCUT2D eigenvalue weighted by molar-refractivity contribution is 9.11. The van der Waals surface area contributed by atoms with Crippen molar-refractivity contribution in [3.05, 3.63) is 63.1 Å². The molecule has 1 saturated carbocycles. The SMILES string of the molecule is NNC(=O)c1cc2nc(-c3ccccn3)n(C3CCCC(NC(=O)c4ccc(Br)s4)C3)c2cn1. The number of carbonyl (C=O) groups is 2. The number of hydrogen-bond acceptors (Lipinski definition) is 7. The number of carbonyl (C=O) groups excluding carboxylic acids is 2. The average molecular weight is 540 g/mol. The molecular weight excluding hydrogens is 518 g/mol. The van der Waals surface area contributed by atoms with Crippen molar-refractivity contribution < 1.29 is 9.59 Å². The lowest BCUT2D eigenvalue weighted by atomic mass is 9.90. The highest BCUT2D eigenvalue weighted by atomic mass is 79.9. The summed E-state index contributed by atoms with van der Waals surface area (Å²) in [5, 5.41) is 3.20. The maximum absolute atomic E-state index is 12.7. The summed E-state index contributed by atoms with van der Waals surface area (Å²) >= 11 is 4.84. The number of nitrogens with zero attached hydrogens (tertiary/aromatic N) is 4. The Bertz CT molecular complexity index is 1350.